The van der Waals surface area contributed by atoms with Gasteiger partial charge in [-0.05, 0) is 41.0 Å². The Hall–Kier alpha value is -4.65. The summed E-state index contributed by atoms with van der Waals surface area (Å²) >= 11 is 0. The van der Waals surface area contributed by atoms with Crippen molar-refractivity contribution in [2.24, 2.45) is 4.99 Å². The molecule has 0 aromatic heterocycles. The van der Waals surface area contributed by atoms with E-state index < -0.39 is 12.1 Å². The summed E-state index contributed by atoms with van der Waals surface area (Å²) in [6, 6.07) is 22.8. The summed E-state index contributed by atoms with van der Waals surface area (Å²) < 4.78 is 10.6. The van der Waals surface area contributed by atoms with Crippen LogP contribution >= 0.6 is 0 Å². The number of aliphatic imine (C=N–C) groups is 1. The summed E-state index contributed by atoms with van der Waals surface area (Å²) in [5, 5.41) is 2.62. The number of allylic oxidation sites excluding steroid dienone is 2. The summed E-state index contributed by atoms with van der Waals surface area (Å²) in [5.41, 5.74) is 4.97. The third-order valence-electron chi connectivity index (χ3n) is 6.34. The number of hydrogen-bond acceptors (Lipinski definition) is 6. The average molecular weight is 494 g/mol. The molecule has 1 N–H and O–H groups in total. The lowest BCUT2D eigenvalue weighted by molar-refractivity contribution is -0.116. The van der Waals surface area contributed by atoms with Gasteiger partial charge >= 0.3 is 6.09 Å². The molecule has 3 aromatic carbocycles. The molecule has 186 valence electrons. The molecular weight excluding hydrogens is 466 g/mol. The minimum Gasteiger partial charge on any atom is -0.497 e. The van der Waals surface area contributed by atoms with Crippen molar-refractivity contribution in [3.8, 4) is 16.9 Å². The van der Waals surface area contributed by atoms with Gasteiger partial charge in [-0.3, -0.25) is 15.1 Å². The highest BCUT2D eigenvalue weighted by Crippen LogP contribution is 2.32. The van der Waals surface area contributed by atoms with Crippen LogP contribution in [0.25, 0.3) is 11.1 Å². The standard InChI is InChI=1S/C30H27N3O4/c1-36-25-14-12-22(13-15-25)23-10-11-24-19-31-16-17-33(28(24)18-23)27-9-5-8-26(29(27)34)32-30(35)37-20-21-6-3-2-4-7-21/h2-15,18-19,27H,16-17,20H2,1H3,(H,32,35). The Bertz CT molecular complexity index is 1380. The first kappa shape index (κ1) is 24.1. The van der Waals surface area contributed by atoms with Crippen molar-refractivity contribution >= 4 is 23.8 Å². The van der Waals surface area contributed by atoms with Crippen LogP contribution in [0.1, 0.15) is 11.1 Å². The Labute approximate surface area is 215 Å². The first-order valence-corrected chi connectivity index (χ1v) is 12.1. The van der Waals surface area contributed by atoms with Crippen molar-refractivity contribution in [2.45, 2.75) is 12.6 Å². The lowest BCUT2D eigenvalue weighted by atomic mass is 9.98. The molecule has 1 aliphatic heterocycles. The number of alkyl carbamates (subject to hydrolysis) is 1. The number of ether oxygens (including phenoxy) is 2. The number of nitrogens with zero attached hydrogens (tertiary/aromatic N) is 2. The fourth-order valence-electron chi connectivity index (χ4n) is 4.41. The number of benzene rings is 3. The van der Waals surface area contributed by atoms with Gasteiger partial charge < -0.3 is 14.4 Å². The van der Waals surface area contributed by atoms with Crippen molar-refractivity contribution in [1.82, 2.24) is 5.32 Å². The number of anilines is 1. The fourth-order valence-corrected chi connectivity index (χ4v) is 4.41. The molecule has 3 aromatic rings. The van der Waals surface area contributed by atoms with Gasteiger partial charge in [0.05, 0.1) is 19.4 Å². The van der Waals surface area contributed by atoms with E-state index >= 15 is 0 Å². The molecule has 1 amide bonds. The van der Waals surface area contributed by atoms with E-state index in [-0.39, 0.29) is 18.1 Å². The van der Waals surface area contributed by atoms with Crippen LogP contribution in [0.15, 0.2) is 102 Å². The predicted molar refractivity (Wildman–Crippen MR) is 144 cm³/mol. The zero-order valence-electron chi connectivity index (χ0n) is 20.5. The number of methoxy groups -OCH3 is 1. The molecule has 2 aliphatic rings. The molecule has 1 atom stereocenters. The first-order valence-electron chi connectivity index (χ1n) is 12.1. The molecule has 7 heteroatoms. The van der Waals surface area contributed by atoms with E-state index in [4.69, 9.17) is 9.47 Å². The lowest BCUT2D eigenvalue weighted by Gasteiger charge is -2.32. The minimum atomic E-state index is -0.668. The molecule has 0 bridgehead atoms. The lowest BCUT2D eigenvalue weighted by Crippen LogP contribution is -2.46. The number of ketones is 1. The highest BCUT2D eigenvalue weighted by Gasteiger charge is 2.31. The molecule has 5 rings (SSSR count). The zero-order chi connectivity index (χ0) is 25.6. The largest absolute Gasteiger partial charge is 0.497 e. The van der Waals surface area contributed by atoms with Gasteiger partial charge in [0.25, 0.3) is 0 Å². The maximum atomic E-state index is 13.5. The number of nitrogens with one attached hydrogen (secondary N) is 1. The monoisotopic (exact) mass is 493 g/mol. The number of carbonyl (C=O) groups is 2. The van der Waals surface area contributed by atoms with Crippen LogP contribution < -0.4 is 15.0 Å². The molecule has 1 unspecified atom stereocenters. The van der Waals surface area contributed by atoms with E-state index in [0.29, 0.717) is 13.1 Å². The van der Waals surface area contributed by atoms with E-state index in [1.165, 1.54) is 0 Å². The maximum Gasteiger partial charge on any atom is 0.412 e. The second-order valence-corrected chi connectivity index (χ2v) is 8.69. The SMILES string of the molecule is COc1ccc(-c2ccc3c(c2)N(C2C=CC=C(NC(=O)OCc4ccccc4)C2=O)CCN=C3)cc1. The van der Waals surface area contributed by atoms with E-state index in [2.05, 4.69) is 16.4 Å². The van der Waals surface area contributed by atoms with Crippen LogP contribution in [0.3, 0.4) is 0 Å². The number of benzodiazepines with no additional fused rings is 1. The number of fused-ring (bicyclic) bond motifs is 1. The predicted octanol–water partition coefficient (Wildman–Crippen LogP) is 4.92. The van der Waals surface area contributed by atoms with Crippen molar-refractivity contribution < 1.29 is 19.1 Å². The van der Waals surface area contributed by atoms with Gasteiger partial charge in [0.1, 0.15) is 18.4 Å². The molecule has 1 aliphatic carbocycles. The van der Waals surface area contributed by atoms with Crippen LogP contribution in [0, 0.1) is 0 Å². The fraction of sp³-hybridized carbons (Fsp3) is 0.167. The second kappa shape index (κ2) is 11.0. The van der Waals surface area contributed by atoms with Gasteiger partial charge in [-0.25, -0.2) is 4.79 Å². The molecule has 1 heterocycles. The molecule has 37 heavy (non-hydrogen) atoms. The second-order valence-electron chi connectivity index (χ2n) is 8.69. The summed E-state index contributed by atoms with van der Waals surface area (Å²) in [6.45, 7) is 1.23. The van der Waals surface area contributed by atoms with E-state index in [1.54, 1.807) is 19.3 Å². The Morgan fingerprint density at radius 2 is 1.84 bits per heavy atom. The summed E-state index contributed by atoms with van der Waals surface area (Å²) in [5.74, 6) is 0.584. The molecule has 0 spiro atoms. The minimum absolute atomic E-state index is 0.123. The van der Waals surface area contributed by atoms with Crippen molar-refractivity contribution in [3.05, 3.63) is 108 Å². The quantitative estimate of drug-likeness (QED) is 0.527. The normalized spacial score (nSPS) is 16.5. The summed E-state index contributed by atoms with van der Waals surface area (Å²) in [6.07, 6.45) is 6.42. The van der Waals surface area contributed by atoms with Crippen LogP contribution in [-0.2, 0) is 16.1 Å². The molecule has 0 fully saturated rings. The van der Waals surface area contributed by atoms with Gasteiger partial charge in [0.2, 0.25) is 5.78 Å². The summed E-state index contributed by atoms with van der Waals surface area (Å²) in [7, 11) is 1.64. The number of rotatable bonds is 6. The van der Waals surface area contributed by atoms with Gasteiger partial charge in [0, 0.05) is 24.0 Å². The van der Waals surface area contributed by atoms with E-state index in [9.17, 15) is 9.59 Å². The molecule has 0 saturated carbocycles. The smallest absolute Gasteiger partial charge is 0.412 e. The highest BCUT2D eigenvalue weighted by atomic mass is 16.5. The van der Waals surface area contributed by atoms with Crippen LogP contribution in [-0.4, -0.2) is 44.3 Å². The molecular formula is C30H27N3O4. The first-order chi connectivity index (χ1) is 18.1. The van der Waals surface area contributed by atoms with Crippen molar-refractivity contribution in [1.29, 1.82) is 0 Å². The molecule has 7 nitrogen and oxygen atoms in total. The highest BCUT2D eigenvalue weighted by molar-refractivity contribution is 6.06. The van der Waals surface area contributed by atoms with E-state index in [1.807, 2.05) is 83.9 Å². The Morgan fingerprint density at radius 3 is 2.62 bits per heavy atom. The topological polar surface area (TPSA) is 80.2 Å². The third-order valence-corrected chi connectivity index (χ3v) is 6.34. The van der Waals surface area contributed by atoms with Crippen molar-refractivity contribution in [2.75, 3.05) is 25.1 Å². The molecule has 0 radical (unpaired) electrons. The van der Waals surface area contributed by atoms with Crippen LogP contribution in [0.2, 0.25) is 0 Å². The van der Waals surface area contributed by atoms with Gasteiger partial charge in [-0.2, -0.15) is 0 Å². The van der Waals surface area contributed by atoms with Crippen LogP contribution in [0.4, 0.5) is 10.5 Å². The number of Topliss-reactive ketones (excluding diaryl/α,β-unsaturated/α-hetero) is 1. The van der Waals surface area contributed by atoms with Gasteiger partial charge in [0.15, 0.2) is 0 Å². The molecule has 0 saturated heterocycles. The Balaban J connectivity index is 1.34. The number of carbonyl (C=O) groups excluding carboxylic acids is 2. The van der Waals surface area contributed by atoms with Crippen molar-refractivity contribution in [3.63, 3.8) is 0 Å². The maximum absolute atomic E-state index is 13.5. The zero-order valence-corrected chi connectivity index (χ0v) is 20.5. The third kappa shape index (κ3) is 5.46. The Morgan fingerprint density at radius 1 is 1.05 bits per heavy atom. The van der Waals surface area contributed by atoms with E-state index in [0.717, 1.165) is 33.7 Å². The van der Waals surface area contributed by atoms with Gasteiger partial charge in [-0.15, -0.1) is 0 Å². The Kier molecular flexibility index (Phi) is 7.12. The number of hydrogen-bond donors (Lipinski definition) is 1. The summed E-state index contributed by atoms with van der Waals surface area (Å²) in [4.78, 5) is 32.5. The van der Waals surface area contributed by atoms with Gasteiger partial charge in [-0.1, -0.05) is 66.7 Å². The average Bonchev–Trinajstić information content (AvgIpc) is 3.16. The van der Waals surface area contributed by atoms with Crippen LogP contribution in [0.5, 0.6) is 5.75 Å². The number of amides is 1.